The zero-order chi connectivity index (χ0) is 23.6. The number of rotatable bonds is 6. The molecule has 0 aromatic heterocycles. The molecule has 0 aliphatic carbocycles. The van der Waals surface area contributed by atoms with Gasteiger partial charge in [-0.05, 0) is 36.8 Å². The van der Waals surface area contributed by atoms with Gasteiger partial charge in [-0.15, -0.1) is 4.40 Å². The molecule has 12 heteroatoms. The number of hydrogen-bond donors (Lipinski definition) is 0. The second-order valence-electron chi connectivity index (χ2n) is 7.04. The minimum Gasteiger partial charge on any atom is -0.258 e. The van der Waals surface area contributed by atoms with Crippen molar-refractivity contribution in [2.45, 2.75) is 18.4 Å². The molecule has 0 spiro atoms. The van der Waals surface area contributed by atoms with Crippen LogP contribution < -0.4 is 3.71 Å². The summed E-state index contributed by atoms with van der Waals surface area (Å²) >= 11 is -0.929. The molecule has 1 saturated heterocycles. The summed E-state index contributed by atoms with van der Waals surface area (Å²) in [4.78, 5) is 10.5. The van der Waals surface area contributed by atoms with Crippen LogP contribution in [0.1, 0.15) is 11.1 Å². The van der Waals surface area contributed by atoms with Crippen LogP contribution >= 0.6 is 11.9 Å². The first kappa shape index (κ1) is 23.0. The van der Waals surface area contributed by atoms with Crippen LogP contribution in [0.25, 0.3) is 0 Å². The van der Waals surface area contributed by atoms with Gasteiger partial charge in [0.05, 0.1) is 22.1 Å². The maximum Gasteiger partial charge on any atom is 0.284 e. The van der Waals surface area contributed by atoms with Crippen LogP contribution in [-0.2, 0) is 27.7 Å². The summed E-state index contributed by atoms with van der Waals surface area (Å²) in [6.45, 7) is 2.01. The third-order valence-electron chi connectivity index (χ3n) is 4.67. The molecule has 1 heterocycles. The molecule has 4 rings (SSSR count). The number of benzene rings is 3. The lowest BCUT2D eigenvalue weighted by molar-refractivity contribution is -0.384. The van der Waals surface area contributed by atoms with Crippen LogP contribution in [-0.4, -0.2) is 27.0 Å². The third-order valence-corrected chi connectivity index (χ3v) is 8.81. The molecule has 0 amide bonds. The van der Waals surface area contributed by atoms with Gasteiger partial charge in [-0.25, -0.2) is 12.2 Å². The quantitative estimate of drug-likeness (QED) is 0.284. The average molecular weight is 503 g/mol. The summed E-state index contributed by atoms with van der Waals surface area (Å²) in [6, 6.07) is 21.0. The normalized spacial score (nSPS) is 17.5. The minimum absolute atomic E-state index is 0.0282. The molecule has 33 heavy (non-hydrogen) atoms. The molecule has 1 fully saturated rings. The number of hydrogen-bond acceptors (Lipinski definition) is 6. The van der Waals surface area contributed by atoms with Crippen LogP contribution in [0.15, 0.2) is 88.2 Å². The highest BCUT2D eigenvalue weighted by Crippen LogP contribution is 2.37. The first-order chi connectivity index (χ1) is 15.7. The van der Waals surface area contributed by atoms with E-state index >= 15 is 0 Å². The summed E-state index contributed by atoms with van der Waals surface area (Å²) in [5.41, 5.74) is 2.04. The van der Waals surface area contributed by atoms with Gasteiger partial charge < -0.3 is 0 Å². The number of nitro benzene ring substituents is 1. The van der Waals surface area contributed by atoms with Crippen LogP contribution in [0.2, 0.25) is 0 Å². The van der Waals surface area contributed by atoms with Crippen molar-refractivity contribution < 1.29 is 17.6 Å². The highest BCUT2D eigenvalue weighted by molar-refractivity contribution is 8.26. The molecule has 0 radical (unpaired) electrons. The van der Waals surface area contributed by atoms with Crippen molar-refractivity contribution in [1.82, 2.24) is 4.31 Å². The standard InChI is InChI=1S/C21H18N4O5S3/c1-16-7-13-20(14-8-16)33(29,30)22-21-23(15-17-5-3-2-4-6-17)32(28)25(31-21)19-11-9-18(10-12-19)24(26)27/h2-14H,15H2,1H3/t32-/m0/s1. The molecule has 1 aliphatic heterocycles. The smallest absolute Gasteiger partial charge is 0.258 e. The number of anilines is 1. The molecule has 0 N–H and O–H groups in total. The average Bonchev–Trinajstić information content (AvgIpc) is 3.09. The first-order valence-electron chi connectivity index (χ1n) is 9.62. The second kappa shape index (κ2) is 9.33. The minimum atomic E-state index is -4.06. The van der Waals surface area contributed by atoms with Gasteiger partial charge in [-0.3, -0.25) is 10.1 Å². The second-order valence-corrected chi connectivity index (χ2v) is 11.1. The Morgan fingerprint density at radius 2 is 1.64 bits per heavy atom. The molecular formula is C21H18N4O5S3. The monoisotopic (exact) mass is 502 g/mol. The fourth-order valence-electron chi connectivity index (χ4n) is 2.95. The van der Waals surface area contributed by atoms with E-state index in [1.165, 1.54) is 44.4 Å². The molecule has 3 aromatic rings. The molecule has 170 valence electrons. The van der Waals surface area contributed by atoms with Gasteiger partial charge in [0.2, 0.25) is 16.3 Å². The Bertz CT molecular complexity index is 1330. The van der Waals surface area contributed by atoms with E-state index in [0.29, 0.717) is 5.69 Å². The summed E-state index contributed by atoms with van der Waals surface area (Å²) < 4.78 is 46.0. The topological polar surface area (TPSA) is 113 Å². The highest BCUT2D eigenvalue weighted by atomic mass is 32.3. The van der Waals surface area contributed by atoms with Crippen molar-refractivity contribution in [3.63, 3.8) is 0 Å². The van der Waals surface area contributed by atoms with Gasteiger partial charge in [0.1, 0.15) is 0 Å². The Kier molecular flexibility index (Phi) is 6.49. The maximum atomic E-state index is 13.3. The van der Waals surface area contributed by atoms with E-state index < -0.39 is 26.1 Å². The van der Waals surface area contributed by atoms with E-state index in [1.807, 2.05) is 37.3 Å². The fraction of sp³-hybridized carbons (Fsp3) is 0.0952. The zero-order valence-corrected chi connectivity index (χ0v) is 19.7. The maximum absolute atomic E-state index is 13.3. The van der Waals surface area contributed by atoms with E-state index in [9.17, 15) is 22.7 Å². The van der Waals surface area contributed by atoms with Gasteiger partial charge >= 0.3 is 0 Å². The lowest BCUT2D eigenvalue weighted by Crippen LogP contribution is -2.28. The molecule has 1 atom stereocenters. The molecule has 1 aliphatic rings. The number of sulfonamides is 1. The van der Waals surface area contributed by atoms with Gasteiger partial charge in [-0.2, -0.15) is 8.42 Å². The number of amidine groups is 1. The highest BCUT2D eigenvalue weighted by Gasteiger charge is 2.37. The van der Waals surface area contributed by atoms with Crippen molar-refractivity contribution in [2.75, 3.05) is 3.71 Å². The fourth-order valence-corrected chi connectivity index (χ4v) is 6.75. The predicted molar refractivity (Wildman–Crippen MR) is 129 cm³/mol. The molecule has 3 aromatic carbocycles. The molecule has 0 saturated carbocycles. The van der Waals surface area contributed by atoms with Gasteiger partial charge in [0, 0.05) is 24.1 Å². The summed E-state index contributed by atoms with van der Waals surface area (Å²) in [5.74, 6) is 0. The molecule has 0 bridgehead atoms. The molecular weight excluding hydrogens is 484 g/mol. The third kappa shape index (κ3) is 5.07. The van der Waals surface area contributed by atoms with Crippen LogP contribution in [0.5, 0.6) is 0 Å². The van der Waals surface area contributed by atoms with Crippen molar-refractivity contribution in [3.05, 3.63) is 100 Å². The Hall–Kier alpha value is -3.22. The zero-order valence-electron chi connectivity index (χ0n) is 17.3. The molecule has 9 nitrogen and oxygen atoms in total. The van der Waals surface area contributed by atoms with Gasteiger partial charge in [-0.1, -0.05) is 48.0 Å². The summed E-state index contributed by atoms with van der Waals surface area (Å²) in [7, 11) is -4.06. The predicted octanol–water partition coefficient (Wildman–Crippen LogP) is 4.20. The van der Waals surface area contributed by atoms with Crippen molar-refractivity contribution >= 4 is 49.7 Å². The Balaban J connectivity index is 1.72. The van der Waals surface area contributed by atoms with Crippen molar-refractivity contribution in [1.29, 1.82) is 0 Å². The van der Waals surface area contributed by atoms with Gasteiger partial charge in [0.25, 0.3) is 15.7 Å². The number of nitro groups is 1. The van der Waals surface area contributed by atoms with E-state index in [0.717, 1.165) is 23.1 Å². The lowest BCUT2D eigenvalue weighted by Gasteiger charge is -2.17. The van der Waals surface area contributed by atoms with E-state index in [2.05, 4.69) is 4.40 Å². The van der Waals surface area contributed by atoms with Crippen LogP contribution in [0.3, 0.4) is 0 Å². The first-order valence-corrected chi connectivity index (χ1v) is 12.9. The molecule has 0 unspecified atom stereocenters. The van der Waals surface area contributed by atoms with E-state index in [1.54, 1.807) is 12.1 Å². The number of non-ortho nitro benzene ring substituents is 1. The Morgan fingerprint density at radius 3 is 2.24 bits per heavy atom. The van der Waals surface area contributed by atoms with Crippen molar-refractivity contribution in [3.8, 4) is 0 Å². The van der Waals surface area contributed by atoms with Crippen LogP contribution in [0.4, 0.5) is 11.4 Å². The largest absolute Gasteiger partial charge is 0.284 e. The summed E-state index contributed by atoms with van der Waals surface area (Å²) in [5, 5.41) is 11.0. The van der Waals surface area contributed by atoms with E-state index in [-0.39, 0.29) is 22.3 Å². The Morgan fingerprint density at radius 1 is 1.00 bits per heavy atom. The Labute approximate surface area is 197 Å². The SMILES string of the molecule is Cc1ccc(S(=O)(=O)N=C2SN(c3ccc([N+](=O)[O-])cc3)[S@@](=O)N2Cc2ccccc2)cc1. The number of nitrogens with zero attached hydrogens (tertiary/aromatic N) is 4. The van der Waals surface area contributed by atoms with Gasteiger partial charge in [0.15, 0.2) is 0 Å². The van der Waals surface area contributed by atoms with E-state index in [4.69, 9.17) is 0 Å². The van der Waals surface area contributed by atoms with Crippen LogP contribution in [0, 0.1) is 17.0 Å². The summed E-state index contributed by atoms with van der Waals surface area (Å²) in [6.07, 6.45) is 0. The lowest BCUT2D eigenvalue weighted by atomic mass is 10.2. The van der Waals surface area contributed by atoms with Crippen molar-refractivity contribution in [2.24, 2.45) is 4.40 Å². The number of aryl methyl sites for hydroxylation is 1.